The van der Waals surface area contributed by atoms with Crippen LogP contribution < -0.4 is 0 Å². The van der Waals surface area contributed by atoms with Crippen molar-refractivity contribution in [2.75, 3.05) is 6.54 Å². The zero-order chi connectivity index (χ0) is 18.1. The van der Waals surface area contributed by atoms with Crippen molar-refractivity contribution in [2.45, 2.75) is 31.8 Å². The Morgan fingerprint density at radius 2 is 2.07 bits per heavy atom. The predicted octanol–water partition coefficient (Wildman–Crippen LogP) is 4.95. The first-order valence-electron chi connectivity index (χ1n) is 9.53. The van der Waals surface area contributed by atoms with Crippen molar-refractivity contribution >= 4 is 11.0 Å². The number of nitrogens with one attached hydrogen (secondary N) is 1. The van der Waals surface area contributed by atoms with Crippen LogP contribution in [0, 0.1) is 0 Å². The van der Waals surface area contributed by atoms with Gasteiger partial charge < -0.3 is 4.42 Å². The number of aromatic nitrogens is 3. The highest BCUT2D eigenvalue weighted by atomic mass is 16.3. The molecule has 5 nitrogen and oxygen atoms in total. The van der Waals surface area contributed by atoms with E-state index in [0.717, 1.165) is 35.5 Å². The Bertz CT molecular complexity index is 1000. The van der Waals surface area contributed by atoms with E-state index < -0.39 is 0 Å². The van der Waals surface area contributed by atoms with E-state index in [2.05, 4.69) is 38.3 Å². The van der Waals surface area contributed by atoms with Gasteiger partial charge in [0.05, 0.1) is 6.20 Å². The van der Waals surface area contributed by atoms with E-state index in [1.54, 1.807) is 0 Å². The van der Waals surface area contributed by atoms with E-state index in [1.165, 1.54) is 30.4 Å². The third kappa shape index (κ3) is 3.15. The smallest absolute Gasteiger partial charge is 0.153 e. The lowest BCUT2D eigenvalue weighted by Gasteiger charge is -2.35. The van der Waals surface area contributed by atoms with Crippen LogP contribution in [0.3, 0.4) is 0 Å². The summed E-state index contributed by atoms with van der Waals surface area (Å²) in [4.78, 5) is 6.86. The third-order valence-electron chi connectivity index (χ3n) is 5.45. The second-order valence-corrected chi connectivity index (χ2v) is 7.19. The molecule has 4 heterocycles. The summed E-state index contributed by atoms with van der Waals surface area (Å²) in [7, 11) is 0. The van der Waals surface area contributed by atoms with Crippen molar-refractivity contribution in [2.24, 2.45) is 0 Å². The first-order chi connectivity index (χ1) is 13.4. The standard InChI is InChI=1S/C22H22N4O/c1-2-9-20-16(6-1)12-21(27-20)22-18(14-24-25-22)15-26-11-4-3-8-19(26)17-7-5-10-23-13-17/h1-2,5-7,9-10,12-14,19H,3-4,8,11,15H2,(H,24,25). The molecule has 0 saturated carbocycles. The highest BCUT2D eigenvalue weighted by molar-refractivity contribution is 5.82. The maximum absolute atomic E-state index is 6.05. The van der Waals surface area contributed by atoms with Crippen molar-refractivity contribution in [3.63, 3.8) is 0 Å². The monoisotopic (exact) mass is 358 g/mol. The third-order valence-corrected chi connectivity index (χ3v) is 5.45. The molecule has 0 aliphatic carbocycles. The predicted molar refractivity (Wildman–Crippen MR) is 105 cm³/mol. The number of hydrogen-bond donors (Lipinski definition) is 1. The van der Waals surface area contributed by atoms with Gasteiger partial charge in [-0.05, 0) is 43.1 Å². The largest absolute Gasteiger partial charge is 0.454 e. The first kappa shape index (κ1) is 16.3. The molecule has 4 aromatic rings. The lowest BCUT2D eigenvalue weighted by atomic mass is 9.96. The van der Waals surface area contributed by atoms with Crippen LogP contribution in [-0.2, 0) is 6.54 Å². The van der Waals surface area contributed by atoms with Gasteiger partial charge in [-0.2, -0.15) is 5.10 Å². The van der Waals surface area contributed by atoms with Crippen LogP contribution in [0.25, 0.3) is 22.4 Å². The minimum absolute atomic E-state index is 0.408. The van der Waals surface area contributed by atoms with E-state index in [-0.39, 0.29) is 0 Å². The van der Waals surface area contributed by atoms with Gasteiger partial charge >= 0.3 is 0 Å². The van der Waals surface area contributed by atoms with E-state index in [9.17, 15) is 0 Å². The van der Waals surface area contributed by atoms with Gasteiger partial charge in [0.2, 0.25) is 0 Å². The molecular weight excluding hydrogens is 336 g/mol. The van der Waals surface area contributed by atoms with Gasteiger partial charge in [0.1, 0.15) is 11.3 Å². The average molecular weight is 358 g/mol. The van der Waals surface area contributed by atoms with E-state index in [1.807, 2.05) is 42.9 Å². The molecule has 1 aliphatic heterocycles. The van der Waals surface area contributed by atoms with Crippen LogP contribution in [0.2, 0.25) is 0 Å². The summed E-state index contributed by atoms with van der Waals surface area (Å²) in [6.07, 6.45) is 9.43. The molecule has 1 N–H and O–H groups in total. The molecule has 27 heavy (non-hydrogen) atoms. The van der Waals surface area contributed by atoms with Gasteiger partial charge in [-0.25, -0.2) is 0 Å². The van der Waals surface area contributed by atoms with Gasteiger partial charge in [-0.3, -0.25) is 15.0 Å². The number of furan rings is 1. The van der Waals surface area contributed by atoms with Crippen LogP contribution in [0.15, 0.2) is 65.5 Å². The van der Waals surface area contributed by atoms with E-state index in [0.29, 0.717) is 6.04 Å². The summed E-state index contributed by atoms with van der Waals surface area (Å²) in [6, 6.07) is 14.8. The van der Waals surface area contributed by atoms with Gasteiger partial charge in [0.25, 0.3) is 0 Å². The Balaban J connectivity index is 1.45. The van der Waals surface area contributed by atoms with Gasteiger partial charge in [-0.15, -0.1) is 0 Å². The zero-order valence-electron chi connectivity index (χ0n) is 15.1. The lowest BCUT2D eigenvalue weighted by molar-refractivity contribution is 0.140. The molecule has 0 bridgehead atoms. The number of likely N-dealkylation sites (tertiary alicyclic amines) is 1. The molecule has 1 saturated heterocycles. The Labute approximate surface area is 158 Å². The number of benzene rings is 1. The Morgan fingerprint density at radius 3 is 2.96 bits per heavy atom. The number of nitrogens with zero attached hydrogens (tertiary/aromatic N) is 3. The van der Waals surface area contributed by atoms with Crippen LogP contribution in [0.5, 0.6) is 0 Å². The number of hydrogen-bond acceptors (Lipinski definition) is 4. The number of H-pyrrole nitrogens is 1. The molecule has 136 valence electrons. The highest BCUT2D eigenvalue weighted by Crippen LogP contribution is 2.34. The quantitative estimate of drug-likeness (QED) is 0.561. The van der Waals surface area contributed by atoms with Crippen LogP contribution >= 0.6 is 0 Å². The normalized spacial score (nSPS) is 18.1. The molecule has 0 spiro atoms. The molecule has 1 aromatic carbocycles. The SMILES string of the molecule is c1cncc(C2CCCCN2Cc2cn[nH]c2-c2cc3ccccc3o2)c1. The van der Waals surface area contributed by atoms with Crippen LogP contribution in [0.4, 0.5) is 0 Å². The molecule has 1 unspecified atom stereocenters. The molecule has 1 atom stereocenters. The highest BCUT2D eigenvalue weighted by Gasteiger charge is 2.25. The van der Waals surface area contributed by atoms with Crippen LogP contribution in [-0.4, -0.2) is 26.6 Å². The van der Waals surface area contributed by atoms with Crippen molar-refractivity contribution in [3.05, 3.63) is 72.2 Å². The molecule has 5 heteroatoms. The summed E-state index contributed by atoms with van der Waals surface area (Å²) in [5.74, 6) is 0.846. The van der Waals surface area contributed by atoms with E-state index in [4.69, 9.17) is 4.42 Å². The number of fused-ring (bicyclic) bond motifs is 1. The van der Waals surface area contributed by atoms with Crippen molar-refractivity contribution < 1.29 is 4.42 Å². The Morgan fingerprint density at radius 1 is 1.11 bits per heavy atom. The fraction of sp³-hybridized carbons (Fsp3) is 0.273. The number of para-hydroxylation sites is 1. The molecule has 3 aromatic heterocycles. The topological polar surface area (TPSA) is 58.0 Å². The number of piperidine rings is 1. The lowest BCUT2D eigenvalue weighted by Crippen LogP contribution is -2.33. The minimum atomic E-state index is 0.408. The average Bonchev–Trinajstić information content (AvgIpc) is 3.35. The molecule has 1 aliphatic rings. The fourth-order valence-corrected chi connectivity index (χ4v) is 4.10. The molecule has 0 radical (unpaired) electrons. The number of pyridine rings is 1. The minimum Gasteiger partial charge on any atom is -0.454 e. The summed E-state index contributed by atoms with van der Waals surface area (Å²) >= 11 is 0. The molecule has 1 fully saturated rings. The summed E-state index contributed by atoms with van der Waals surface area (Å²) in [6.45, 7) is 1.94. The molecule has 5 rings (SSSR count). The maximum Gasteiger partial charge on any atom is 0.153 e. The Hall–Kier alpha value is -2.92. The van der Waals surface area contributed by atoms with Crippen molar-refractivity contribution in [1.29, 1.82) is 0 Å². The fourth-order valence-electron chi connectivity index (χ4n) is 4.10. The summed E-state index contributed by atoms with van der Waals surface area (Å²) < 4.78 is 6.05. The summed E-state index contributed by atoms with van der Waals surface area (Å²) in [5, 5.41) is 8.56. The molecular formula is C22H22N4O. The first-order valence-corrected chi connectivity index (χ1v) is 9.53. The second kappa shape index (κ2) is 7.00. The van der Waals surface area contributed by atoms with Gasteiger partial charge in [0, 0.05) is 35.9 Å². The number of aromatic amines is 1. The Kier molecular flexibility index (Phi) is 4.22. The molecule has 0 amide bonds. The zero-order valence-corrected chi connectivity index (χ0v) is 15.1. The van der Waals surface area contributed by atoms with Gasteiger partial charge in [-0.1, -0.05) is 30.7 Å². The van der Waals surface area contributed by atoms with Gasteiger partial charge in [0.15, 0.2) is 5.76 Å². The van der Waals surface area contributed by atoms with E-state index >= 15 is 0 Å². The number of rotatable bonds is 4. The summed E-state index contributed by atoms with van der Waals surface area (Å²) in [5.41, 5.74) is 4.34. The van der Waals surface area contributed by atoms with Crippen LogP contribution in [0.1, 0.15) is 36.4 Å². The van der Waals surface area contributed by atoms with Crippen molar-refractivity contribution in [3.8, 4) is 11.5 Å². The maximum atomic E-state index is 6.05. The second-order valence-electron chi connectivity index (χ2n) is 7.19. The van der Waals surface area contributed by atoms with Crippen molar-refractivity contribution in [1.82, 2.24) is 20.1 Å².